The Labute approximate surface area is 143 Å². The van der Waals surface area contributed by atoms with Gasteiger partial charge in [-0.2, -0.15) is 0 Å². The van der Waals surface area contributed by atoms with Gasteiger partial charge in [-0.05, 0) is 39.3 Å². The maximum atomic E-state index is 12.7. The fraction of sp³-hybridized carbons (Fsp3) is 0.526. The topological polar surface area (TPSA) is 54.7 Å². The number of amides is 1. The largest absolute Gasteiger partial charge is 0.451 e. The van der Waals surface area contributed by atoms with Crippen molar-refractivity contribution in [2.24, 2.45) is 0 Å². The highest BCUT2D eigenvalue weighted by atomic mass is 16.5. The summed E-state index contributed by atoms with van der Waals surface area (Å²) in [5.74, 6) is 0.229. The van der Waals surface area contributed by atoms with Crippen LogP contribution in [-0.2, 0) is 4.74 Å². The maximum Gasteiger partial charge on any atom is 0.287 e. The van der Waals surface area contributed by atoms with Crippen molar-refractivity contribution in [3.8, 4) is 0 Å². The normalized spacial score (nSPS) is 21.8. The molecule has 0 radical (unpaired) electrons. The van der Waals surface area contributed by atoms with Crippen LogP contribution in [0.4, 0.5) is 0 Å². The number of methoxy groups -OCH3 is 1. The first-order valence-electron chi connectivity index (χ1n) is 8.48. The van der Waals surface area contributed by atoms with Crippen LogP contribution in [0.2, 0.25) is 0 Å². The van der Waals surface area contributed by atoms with Gasteiger partial charge in [0.1, 0.15) is 5.58 Å². The fourth-order valence-corrected chi connectivity index (χ4v) is 3.39. The molecule has 1 aliphatic heterocycles. The molecule has 1 fully saturated rings. The predicted molar refractivity (Wildman–Crippen MR) is 94.4 cm³/mol. The molecule has 0 saturated carbocycles. The first kappa shape index (κ1) is 17.0. The van der Waals surface area contributed by atoms with Gasteiger partial charge in [-0.25, -0.2) is 0 Å². The van der Waals surface area contributed by atoms with Crippen LogP contribution in [0.5, 0.6) is 0 Å². The standard InChI is InChI=1S/C19H26N2O3/c1-11(2)21-9-15(17(10-21)23-5)20-19(22)18-13(4)14-7-6-12(3)8-16(14)24-18/h6-8,11,15,17H,9-10H2,1-5H3,(H,20,22)/t15-,17-/m1/s1. The van der Waals surface area contributed by atoms with Crippen LogP contribution in [0.15, 0.2) is 22.6 Å². The Kier molecular flexibility index (Phi) is 4.65. The molecule has 1 N–H and O–H groups in total. The summed E-state index contributed by atoms with van der Waals surface area (Å²) >= 11 is 0. The smallest absolute Gasteiger partial charge is 0.287 e. The third-order valence-corrected chi connectivity index (χ3v) is 4.94. The second kappa shape index (κ2) is 6.57. The van der Waals surface area contributed by atoms with Crippen molar-refractivity contribution in [2.75, 3.05) is 20.2 Å². The molecule has 24 heavy (non-hydrogen) atoms. The Morgan fingerprint density at radius 1 is 1.33 bits per heavy atom. The van der Waals surface area contributed by atoms with E-state index >= 15 is 0 Å². The van der Waals surface area contributed by atoms with E-state index in [2.05, 4.69) is 24.1 Å². The lowest BCUT2D eigenvalue weighted by atomic mass is 10.1. The minimum atomic E-state index is -0.168. The van der Waals surface area contributed by atoms with Gasteiger partial charge in [0, 0.05) is 37.2 Å². The van der Waals surface area contributed by atoms with Gasteiger partial charge in [0.05, 0.1) is 12.1 Å². The van der Waals surface area contributed by atoms with E-state index in [1.165, 1.54) is 0 Å². The van der Waals surface area contributed by atoms with E-state index in [4.69, 9.17) is 9.15 Å². The predicted octanol–water partition coefficient (Wildman–Crippen LogP) is 2.89. The zero-order chi connectivity index (χ0) is 17.4. The Morgan fingerprint density at radius 3 is 2.75 bits per heavy atom. The molecule has 1 saturated heterocycles. The summed E-state index contributed by atoms with van der Waals surface area (Å²) < 4.78 is 11.4. The average molecular weight is 330 g/mol. The SMILES string of the molecule is CO[C@@H]1CN(C(C)C)C[C@H]1NC(=O)c1oc2cc(C)ccc2c1C. The number of carbonyl (C=O) groups excluding carboxylic acids is 1. The molecule has 0 unspecified atom stereocenters. The molecular formula is C19H26N2O3. The number of ether oxygens (including phenoxy) is 1. The van der Waals surface area contributed by atoms with Crippen molar-refractivity contribution in [1.29, 1.82) is 0 Å². The molecule has 1 amide bonds. The molecule has 1 aliphatic rings. The summed E-state index contributed by atoms with van der Waals surface area (Å²) in [4.78, 5) is 15.0. The van der Waals surface area contributed by atoms with E-state index in [-0.39, 0.29) is 18.1 Å². The van der Waals surface area contributed by atoms with Crippen LogP contribution >= 0.6 is 0 Å². The molecule has 2 atom stereocenters. The van der Waals surface area contributed by atoms with Gasteiger partial charge in [0.15, 0.2) is 5.76 Å². The summed E-state index contributed by atoms with van der Waals surface area (Å²) in [6, 6.07) is 6.41. The van der Waals surface area contributed by atoms with Crippen molar-refractivity contribution in [3.05, 3.63) is 35.1 Å². The number of hydrogen-bond donors (Lipinski definition) is 1. The van der Waals surface area contributed by atoms with E-state index in [9.17, 15) is 4.79 Å². The van der Waals surface area contributed by atoms with Crippen molar-refractivity contribution in [3.63, 3.8) is 0 Å². The molecule has 0 bridgehead atoms. The third kappa shape index (κ3) is 3.06. The van der Waals surface area contributed by atoms with Crippen molar-refractivity contribution in [2.45, 2.75) is 45.9 Å². The van der Waals surface area contributed by atoms with Gasteiger partial charge >= 0.3 is 0 Å². The third-order valence-electron chi connectivity index (χ3n) is 4.94. The summed E-state index contributed by atoms with van der Waals surface area (Å²) in [6.45, 7) is 9.88. The molecule has 3 rings (SSSR count). The van der Waals surface area contributed by atoms with E-state index in [0.717, 1.165) is 35.2 Å². The number of rotatable bonds is 4. The van der Waals surface area contributed by atoms with Crippen molar-refractivity contribution in [1.82, 2.24) is 10.2 Å². The summed E-state index contributed by atoms with van der Waals surface area (Å²) in [5.41, 5.74) is 2.76. The zero-order valence-electron chi connectivity index (χ0n) is 15.1. The average Bonchev–Trinajstić information content (AvgIpc) is 3.08. The van der Waals surface area contributed by atoms with Crippen LogP contribution in [0.1, 0.15) is 35.5 Å². The Bertz CT molecular complexity index is 750. The van der Waals surface area contributed by atoms with Crippen LogP contribution in [0.25, 0.3) is 11.0 Å². The minimum Gasteiger partial charge on any atom is -0.451 e. The number of nitrogens with zero attached hydrogens (tertiary/aromatic N) is 1. The molecule has 1 aromatic heterocycles. The van der Waals surface area contributed by atoms with E-state index < -0.39 is 0 Å². The van der Waals surface area contributed by atoms with Gasteiger partial charge in [-0.3, -0.25) is 9.69 Å². The first-order chi connectivity index (χ1) is 11.4. The van der Waals surface area contributed by atoms with Crippen LogP contribution in [-0.4, -0.2) is 49.2 Å². The Hall–Kier alpha value is -1.85. The molecule has 2 aromatic rings. The van der Waals surface area contributed by atoms with E-state index in [1.54, 1.807) is 7.11 Å². The second-order valence-electron chi connectivity index (χ2n) is 6.96. The Balaban J connectivity index is 1.81. The van der Waals surface area contributed by atoms with E-state index in [0.29, 0.717) is 11.8 Å². The molecule has 5 heteroatoms. The zero-order valence-corrected chi connectivity index (χ0v) is 15.1. The number of benzene rings is 1. The summed E-state index contributed by atoms with van der Waals surface area (Å²) in [6.07, 6.45) is 0.00304. The fourth-order valence-electron chi connectivity index (χ4n) is 3.39. The van der Waals surface area contributed by atoms with Gasteiger partial charge in [0.2, 0.25) is 0 Å². The van der Waals surface area contributed by atoms with E-state index in [1.807, 2.05) is 32.0 Å². The molecule has 130 valence electrons. The molecular weight excluding hydrogens is 304 g/mol. The van der Waals surface area contributed by atoms with Gasteiger partial charge in [-0.1, -0.05) is 12.1 Å². The van der Waals surface area contributed by atoms with Crippen molar-refractivity contribution >= 4 is 16.9 Å². The highest BCUT2D eigenvalue weighted by molar-refractivity contribution is 5.99. The van der Waals surface area contributed by atoms with Crippen LogP contribution in [0, 0.1) is 13.8 Å². The quantitative estimate of drug-likeness (QED) is 0.936. The Morgan fingerprint density at radius 2 is 2.08 bits per heavy atom. The van der Waals surface area contributed by atoms with Gasteiger partial charge in [0.25, 0.3) is 5.91 Å². The first-order valence-corrected chi connectivity index (χ1v) is 8.48. The van der Waals surface area contributed by atoms with Gasteiger partial charge < -0.3 is 14.5 Å². The number of furan rings is 1. The van der Waals surface area contributed by atoms with Crippen molar-refractivity contribution < 1.29 is 13.9 Å². The highest BCUT2D eigenvalue weighted by Crippen LogP contribution is 2.26. The highest BCUT2D eigenvalue weighted by Gasteiger charge is 2.35. The molecule has 0 aliphatic carbocycles. The summed E-state index contributed by atoms with van der Waals surface area (Å²) in [7, 11) is 1.70. The second-order valence-corrected chi connectivity index (χ2v) is 6.96. The van der Waals surface area contributed by atoms with Gasteiger partial charge in [-0.15, -0.1) is 0 Å². The molecule has 0 spiro atoms. The molecule has 2 heterocycles. The van der Waals surface area contributed by atoms with Crippen LogP contribution in [0.3, 0.4) is 0 Å². The van der Waals surface area contributed by atoms with Crippen LogP contribution < -0.4 is 5.32 Å². The lowest BCUT2D eigenvalue weighted by molar-refractivity contribution is 0.0737. The minimum absolute atomic E-state index is 0.00304. The lowest BCUT2D eigenvalue weighted by Crippen LogP contribution is -2.43. The number of nitrogens with one attached hydrogen (secondary N) is 1. The molecule has 5 nitrogen and oxygen atoms in total. The number of aryl methyl sites for hydroxylation is 2. The summed E-state index contributed by atoms with van der Waals surface area (Å²) in [5, 5.41) is 4.09. The number of likely N-dealkylation sites (tertiary alicyclic amines) is 1. The lowest BCUT2D eigenvalue weighted by Gasteiger charge is -2.19. The molecule has 1 aromatic carbocycles. The number of carbonyl (C=O) groups is 1. The number of fused-ring (bicyclic) bond motifs is 1. The monoisotopic (exact) mass is 330 g/mol. The maximum absolute atomic E-state index is 12.7. The number of hydrogen-bond acceptors (Lipinski definition) is 4.